The lowest BCUT2D eigenvalue weighted by atomic mass is 10.3. The van der Waals surface area contributed by atoms with E-state index in [1.165, 1.54) is 0 Å². The van der Waals surface area contributed by atoms with Crippen molar-refractivity contribution < 1.29 is 4.74 Å². The molecular formula is C17H23Cl2IN4O. The van der Waals surface area contributed by atoms with Crippen LogP contribution < -0.4 is 15.4 Å². The van der Waals surface area contributed by atoms with Crippen LogP contribution in [0.15, 0.2) is 41.4 Å². The average Bonchev–Trinajstić information content (AvgIpc) is 2.83. The molecule has 2 rings (SSSR count). The molecule has 1 atom stereocenters. The van der Waals surface area contributed by atoms with E-state index >= 15 is 0 Å². The number of halogens is 3. The Balaban J connectivity index is 0.00000312. The number of nitrogens with one attached hydrogen (secondary N) is 2. The summed E-state index contributed by atoms with van der Waals surface area (Å²) in [6.45, 7) is 3.20. The van der Waals surface area contributed by atoms with Crippen LogP contribution in [-0.2, 0) is 13.6 Å². The molecule has 0 aliphatic rings. The third-order valence-corrected chi connectivity index (χ3v) is 4.36. The van der Waals surface area contributed by atoms with E-state index in [0.717, 1.165) is 11.4 Å². The van der Waals surface area contributed by atoms with Crippen LogP contribution in [0.25, 0.3) is 0 Å². The number of hydrogen-bond acceptors (Lipinski definition) is 2. The second-order valence-electron chi connectivity index (χ2n) is 5.38. The fraction of sp³-hybridized carbons (Fsp3) is 0.353. The van der Waals surface area contributed by atoms with Crippen LogP contribution in [0.3, 0.4) is 0 Å². The number of nitrogens with zero attached hydrogens (tertiary/aromatic N) is 2. The molecule has 1 unspecified atom stereocenters. The summed E-state index contributed by atoms with van der Waals surface area (Å²) in [7, 11) is 3.60. The summed E-state index contributed by atoms with van der Waals surface area (Å²) in [6.07, 6.45) is 0.00451. The molecule has 0 aliphatic carbocycles. The van der Waals surface area contributed by atoms with Crippen molar-refractivity contribution in [1.82, 2.24) is 15.2 Å². The summed E-state index contributed by atoms with van der Waals surface area (Å²) in [6, 6.07) is 11.6. The van der Waals surface area contributed by atoms with Crippen molar-refractivity contribution in [3.63, 3.8) is 0 Å². The molecule has 0 saturated carbocycles. The monoisotopic (exact) mass is 496 g/mol. The summed E-state index contributed by atoms with van der Waals surface area (Å²) in [5, 5.41) is 7.54. The van der Waals surface area contributed by atoms with Crippen molar-refractivity contribution >= 4 is 53.1 Å². The first-order valence-corrected chi connectivity index (χ1v) is 8.42. The van der Waals surface area contributed by atoms with Crippen molar-refractivity contribution in [1.29, 1.82) is 0 Å². The molecule has 2 aromatic rings. The Morgan fingerprint density at radius 1 is 1.24 bits per heavy atom. The highest BCUT2D eigenvalue weighted by molar-refractivity contribution is 14.0. The molecule has 0 amide bonds. The minimum absolute atomic E-state index is 0. The second kappa shape index (κ2) is 10.8. The molecule has 0 radical (unpaired) electrons. The predicted octanol–water partition coefficient (Wildman–Crippen LogP) is 4.08. The maximum atomic E-state index is 6.07. The van der Waals surface area contributed by atoms with Gasteiger partial charge >= 0.3 is 0 Å². The molecule has 2 N–H and O–H groups in total. The molecule has 1 heterocycles. The molecule has 1 aromatic heterocycles. The normalized spacial score (nSPS) is 12.3. The number of rotatable bonds is 6. The highest BCUT2D eigenvalue weighted by Gasteiger charge is 2.10. The molecule has 8 heteroatoms. The highest BCUT2D eigenvalue weighted by Crippen LogP contribution is 2.24. The lowest BCUT2D eigenvalue weighted by Crippen LogP contribution is -2.41. The number of benzene rings is 1. The fourth-order valence-electron chi connectivity index (χ4n) is 2.17. The maximum Gasteiger partial charge on any atom is 0.191 e. The van der Waals surface area contributed by atoms with E-state index in [2.05, 4.69) is 15.6 Å². The fourth-order valence-corrected chi connectivity index (χ4v) is 2.58. The van der Waals surface area contributed by atoms with E-state index in [0.29, 0.717) is 29.2 Å². The molecule has 0 aliphatic heterocycles. The van der Waals surface area contributed by atoms with E-state index in [1.54, 1.807) is 7.05 Å². The molecular weight excluding hydrogens is 474 g/mol. The van der Waals surface area contributed by atoms with E-state index in [-0.39, 0.29) is 30.1 Å². The first-order chi connectivity index (χ1) is 11.5. The van der Waals surface area contributed by atoms with E-state index in [1.807, 2.05) is 54.9 Å². The molecule has 0 saturated heterocycles. The smallest absolute Gasteiger partial charge is 0.191 e. The Bertz CT molecular complexity index is 691. The van der Waals surface area contributed by atoms with Crippen molar-refractivity contribution in [3.05, 3.63) is 52.3 Å². The zero-order valence-electron chi connectivity index (χ0n) is 14.4. The first kappa shape index (κ1) is 21.9. The van der Waals surface area contributed by atoms with Crippen molar-refractivity contribution in [2.75, 3.05) is 13.6 Å². The quantitative estimate of drug-likeness (QED) is 0.360. The Kier molecular flexibility index (Phi) is 9.45. The first-order valence-electron chi connectivity index (χ1n) is 7.67. The number of guanidine groups is 1. The van der Waals surface area contributed by atoms with Crippen LogP contribution in [0.1, 0.15) is 12.6 Å². The van der Waals surface area contributed by atoms with E-state index in [4.69, 9.17) is 27.9 Å². The Hall–Kier alpha value is -1.12. The van der Waals surface area contributed by atoms with Crippen LogP contribution in [0.5, 0.6) is 5.75 Å². The van der Waals surface area contributed by atoms with E-state index in [9.17, 15) is 0 Å². The van der Waals surface area contributed by atoms with Crippen molar-refractivity contribution in [2.45, 2.75) is 19.6 Å². The largest absolute Gasteiger partial charge is 0.489 e. The highest BCUT2D eigenvalue weighted by atomic mass is 127. The summed E-state index contributed by atoms with van der Waals surface area (Å²) in [5.74, 6) is 1.54. The number of aromatic nitrogens is 1. The Morgan fingerprint density at radius 2 is 1.92 bits per heavy atom. The van der Waals surface area contributed by atoms with Gasteiger partial charge in [-0.3, -0.25) is 4.99 Å². The lowest BCUT2D eigenvalue weighted by molar-refractivity contribution is 0.224. The van der Waals surface area contributed by atoms with Crippen LogP contribution in [0, 0.1) is 0 Å². The molecule has 0 fully saturated rings. The van der Waals surface area contributed by atoms with Gasteiger partial charge in [-0.1, -0.05) is 41.4 Å². The number of aliphatic imine (C=N–C) groups is 1. The molecule has 138 valence electrons. The minimum atomic E-state index is 0. The van der Waals surface area contributed by atoms with Gasteiger partial charge in [0, 0.05) is 19.8 Å². The van der Waals surface area contributed by atoms with Gasteiger partial charge in [-0.15, -0.1) is 24.0 Å². The van der Waals surface area contributed by atoms with Crippen molar-refractivity contribution in [2.24, 2.45) is 12.0 Å². The number of para-hydroxylation sites is 1. The van der Waals surface area contributed by atoms with Gasteiger partial charge < -0.3 is 19.9 Å². The Labute approximate surface area is 175 Å². The van der Waals surface area contributed by atoms with E-state index < -0.39 is 0 Å². The predicted molar refractivity (Wildman–Crippen MR) is 116 cm³/mol. The van der Waals surface area contributed by atoms with Gasteiger partial charge in [0.2, 0.25) is 0 Å². The summed E-state index contributed by atoms with van der Waals surface area (Å²) in [5.41, 5.74) is 0.974. The molecule has 0 spiro atoms. The van der Waals surface area contributed by atoms with Crippen LogP contribution >= 0.6 is 47.2 Å². The standard InChI is InChI=1S/C17H22Cl2N4O.HI/c1-12(24-14-7-5-4-6-8-14)10-21-17(20-2)22-11-13-9-15(18)16(19)23(13)3;/h4-9,12H,10-11H2,1-3H3,(H2,20,21,22);1H. The third-order valence-electron chi connectivity index (χ3n) is 3.51. The van der Waals surface area contributed by atoms with Gasteiger partial charge in [0.1, 0.15) is 17.0 Å². The van der Waals surface area contributed by atoms with Crippen LogP contribution in [-0.4, -0.2) is 30.2 Å². The van der Waals surface area contributed by atoms with Gasteiger partial charge in [0.15, 0.2) is 5.96 Å². The van der Waals surface area contributed by atoms with Gasteiger partial charge in [0.25, 0.3) is 0 Å². The van der Waals surface area contributed by atoms with Crippen LogP contribution in [0.2, 0.25) is 10.2 Å². The minimum Gasteiger partial charge on any atom is -0.489 e. The molecule has 1 aromatic carbocycles. The van der Waals surface area contributed by atoms with Gasteiger partial charge in [-0.2, -0.15) is 0 Å². The lowest BCUT2D eigenvalue weighted by Gasteiger charge is -2.18. The number of hydrogen-bond donors (Lipinski definition) is 2. The Morgan fingerprint density at radius 3 is 2.48 bits per heavy atom. The second-order valence-corrected chi connectivity index (χ2v) is 6.15. The van der Waals surface area contributed by atoms with Gasteiger partial charge in [-0.25, -0.2) is 0 Å². The molecule has 0 bridgehead atoms. The molecule has 5 nitrogen and oxygen atoms in total. The SMILES string of the molecule is CN=C(NCc1cc(Cl)c(Cl)n1C)NCC(C)Oc1ccccc1.I. The maximum absolute atomic E-state index is 6.07. The zero-order chi connectivity index (χ0) is 17.5. The third kappa shape index (κ3) is 6.60. The van der Waals surface area contributed by atoms with Gasteiger partial charge in [0.05, 0.1) is 18.1 Å². The topological polar surface area (TPSA) is 50.6 Å². The average molecular weight is 497 g/mol. The molecule has 25 heavy (non-hydrogen) atoms. The van der Waals surface area contributed by atoms with Crippen LogP contribution in [0.4, 0.5) is 0 Å². The summed E-state index contributed by atoms with van der Waals surface area (Å²) >= 11 is 12.1. The zero-order valence-corrected chi connectivity index (χ0v) is 18.3. The summed E-state index contributed by atoms with van der Waals surface area (Å²) < 4.78 is 7.66. The summed E-state index contributed by atoms with van der Waals surface area (Å²) in [4.78, 5) is 4.20. The number of ether oxygens (including phenoxy) is 1. The van der Waals surface area contributed by atoms with Crippen molar-refractivity contribution in [3.8, 4) is 5.75 Å². The van der Waals surface area contributed by atoms with Gasteiger partial charge in [-0.05, 0) is 25.1 Å².